The average molecular weight is 348 g/mol. The normalized spacial score (nSPS) is 11.4. The van der Waals surface area contributed by atoms with Gasteiger partial charge < -0.3 is 5.32 Å². The van der Waals surface area contributed by atoms with E-state index in [4.69, 9.17) is 0 Å². The molecule has 1 aromatic heterocycles. The van der Waals surface area contributed by atoms with Crippen LogP contribution >= 0.6 is 15.9 Å². The van der Waals surface area contributed by atoms with Crippen molar-refractivity contribution >= 4 is 21.8 Å². The van der Waals surface area contributed by atoms with Gasteiger partial charge in [-0.05, 0) is 24.3 Å². The summed E-state index contributed by atoms with van der Waals surface area (Å²) in [5, 5.41) is 8.84. The van der Waals surface area contributed by atoms with Gasteiger partial charge in [-0.25, -0.2) is 0 Å². The molecule has 1 amide bonds. The second-order valence-electron chi connectivity index (χ2n) is 3.96. The Labute approximate surface area is 120 Å². The van der Waals surface area contributed by atoms with Crippen LogP contribution in [0.3, 0.4) is 0 Å². The zero-order chi connectivity index (χ0) is 14.8. The SMILES string of the molecule is O=C(NCc1ccn[nH]1)c1ccc(Br)c(C(F)(F)F)c1. The van der Waals surface area contributed by atoms with Gasteiger partial charge >= 0.3 is 6.18 Å². The fourth-order valence-electron chi connectivity index (χ4n) is 1.54. The number of hydrogen-bond acceptors (Lipinski definition) is 2. The maximum absolute atomic E-state index is 12.7. The molecular formula is C12H9BrF3N3O. The number of H-pyrrole nitrogens is 1. The van der Waals surface area contributed by atoms with Gasteiger partial charge in [-0.2, -0.15) is 18.3 Å². The van der Waals surface area contributed by atoms with Crippen molar-refractivity contribution in [1.82, 2.24) is 15.5 Å². The summed E-state index contributed by atoms with van der Waals surface area (Å²) in [5.41, 5.74) is -0.279. The van der Waals surface area contributed by atoms with Crippen LogP contribution in [0, 0.1) is 0 Å². The van der Waals surface area contributed by atoms with E-state index >= 15 is 0 Å². The number of hydrogen-bond donors (Lipinski definition) is 2. The van der Waals surface area contributed by atoms with E-state index in [1.54, 1.807) is 6.07 Å². The molecule has 0 aliphatic heterocycles. The molecule has 2 aromatic rings. The predicted molar refractivity (Wildman–Crippen MR) is 68.9 cm³/mol. The van der Waals surface area contributed by atoms with Gasteiger partial charge in [-0.1, -0.05) is 15.9 Å². The molecule has 0 radical (unpaired) electrons. The van der Waals surface area contributed by atoms with Crippen molar-refractivity contribution in [1.29, 1.82) is 0 Å². The second kappa shape index (κ2) is 5.66. The van der Waals surface area contributed by atoms with Gasteiger partial charge in [-0.3, -0.25) is 9.89 Å². The number of aromatic nitrogens is 2. The lowest BCUT2D eigenvalue weighted by molar-refractivity contribution is -0.138. The van der Waals surface area contributed by atoms with Crippen LogP contribution in [0.1, 0.15) is 21.6 Å². The second-order valence-corrected chi connectivity index (χ2v) is 4.81. The molecule has 0 fully saturated rings. The summed E-state index contributed by atoms with van der Waals surface area (Å²) in [5.74, 6) is -0.586. The van der Waals surface area contributed by atoms with Crippen molar-refractivity contribution in [3.8, 4) is 0 Å². The third kappa shape index (κ3) is 3.38. The van der Waals surface area contributed by atoms with Gasteiger partial charge in [0.1, 0.15) is 0 Å². The highest BCUT2D eigenvalue weighted by Crippen LogP contribution is 2.35. The summed E-state index contributed by atoms with van der Waals surface area (Å²) in [6, 6.07) is 4.99. The van der Waals surface area contributed by atoms with Crippen LogP contribution in [0.4, 0.5) is 13.2 Å². The van der Waals surface area contributed by atoms with Crippen LogP contribution in [0.15, 0.2) is 34.9 Å². The molecular weight excluding hydrogens is 339 g/mol. The molecule has 0 spiro atoms. The Kier molecular flexibility index (Phi) is 4.12. The predicted octanol–water partition coefficient (Wildman–Crippen LogP) is 3.12. The Morgan fingerprint density at radius 2 is 2.10 bits per heavy atom. The van der Waals surface area contributed by atoms with E-state index in [1.165, 1.54) is 18.3 Å². The summed E-state index contributed by atoms with van der Waals surface area (Å²) in [6.45, 7) is 0.163. The van der Waals surface area contributed by atoms with Crippen molar-refractivity contribution in [3.05, 3.63) is 51.8 Å². The number of benzene rings is 1. The van der Waals surface area contributed by atoms with Crippen LogP contribution in [0.25, 0.3) is 0 Å². The van der Waals surface area contributed by atoms with E-state index in [0.717, 1.165) is 6.07 Å². The molecule has 0 bridgehead atoms. The summed E-state index contributed by atoms with van der Waals surface area (Å²) in [7, 11) is 0. The van der Waals surface area contributed by atoms with E-state index in [-0.39, 0.29) is 16.6 Å². The molecule has 20 heavy (non-hydrogen) atoms. The Balaban J connectivity index is 2.14. The highest BCUT2D eigenvalue weighted by molar-refractivity contribution is 9.10. The molecule has 0 aliphatic carbocycles. The first-order valence-electron chi connectivity index (χ1n) is 5.51. The van der Waals surface area contributed by atoms with Crippen molar-refractivity contribution in [3.63, 3.8) is 0 Å². The molecule has 0 atom stereocenters. The maximum atomic E-state index is 12.7. The largest absolute Gasteiger partial charge is 0.417 e. The first-order chi connectivity index (χ1) is 9.38. The van der Waals surface area contributed by atoms with Crippen molar-refractivity contribution < 1.29 is 18.0 Å². The lowest BCUT2D eigenvalue weighted by Gasteiger charge is -2.11. The minimum Gasteiger partial charge on any atom is -0.346 e. The Morgan fingerprint density at radius 3 is 2.70 bits per heavy atom. The lowest BCUT2D eigenvalue weighted by atomic mass is 10.1. The molecule has 0 aliphatic rings. The first-order valence-corrected chi connectivity index (χ1v) is 6.30. The van der Waals surface area contributed by atoms with Crippen LogP contribution in [-0.4, -0.2) is 16.1 Å². The fourth-order valence-corrected chi connectivity index (χ4v) is 2.02. The number of alkyl halides is 3. The number of nitrogens with one attached hydrogen (secondary N) is 2. The molecule has 1 heterocycles. The van der Waals surface area contributed by atoms with Gasteiger partial charge in [-0.15, -0.1) is 0 Å². The van der Waals surface area contributed by atoms with E-state index < -0.39 is 17.6 Å². The maximum Gasteiger partial charge on any atom is 0.417 e. The Morgan fingerprint density at radius 1 is 1.35 bits per heavy atom. The van der Waals surface area contributed by atoms with E-state index in [2.05, 4.69) is 31.4 Å². The number of nitrogens with zero attached hydrogens (tertiary/aromatic N) is 1. The molecule has 106 valence electrons. The van der Waals surface area contributed by atoms with Crippen LogP contribution < -0.4 is 5.32 Å². The van der Waals surface area contributed by atoms with Crippen LogP contribution in [0.2, 0.25) is 0 Å². The zero-order valence-electron chi connectivity index (χ0n) is 9.96. The zero-order valence-corrected chi connectivity index (χ0v) is 11.5. The standard InChI is InChI=1S/C12H9BrF3N3O/c13-10-2-1-7(5-9(10)12(14,15)16)11(20)17-6-8-3-4-18-19-8/h1-5H,6H2,(H,17,20)(H,18,19). The van der Waals surface area contributed by atoms with Gasteiger partial charge in [0, 0.05) is 16.2 Å². The molecule has 2 N–H and O–H groups in total. The first kappa shape index (κ1) is 14.6. The number of carbonyl (C=O) groups excluding carboxylic acids is 1. The lowest BCUT2D eigenvalue weighted by Crippen LogP contribution is -2.23. The van der Waals surface area contributed by atoms with Crippen molar-refractivity contribution in [2.24, 2.45) is 0 Å². The van der Waals surface area contributed by atoms with Crippen LogP contribution in [0.5, 0.6) is 0 Å². The Bertz CT molecular complexity index is 611. The number of carbonyl (C=O) groups is 1. The molecule has 4 nitrogen and oxygen atoms in total. The number of halogens is 4. The smallest absolute Gasteiger partial charge is 0.346 e. The minimum atomic E-state index is -4.52. The van der Waals surface area contributed by atoms with E-state index in [9.17, 15) is 18.0 Å². The topological polar surface area (TPSA) is 57.8 Å². The molecule has 0 saturated heterocycles. The Hall–Kier alpha value is -1.83. The van der Waals surface area contributed by atoms with E-state index in [0.29, 0.717) is 5.69 Å². The van der Waals surface area contributed by atoms with Gasteiger partial charge in [0.25, 0.3) is 5.91 Å². The monoisotopic (exact) mass is 347 g/mol. The van der Waals surface area contributed by atoms with Gasteiger partial charge in [0.15, 0.2) is 0 Å². The summed E-state index contributed by atoms with van der Waals surface area (Å²) in [6.07, 6.45) is -3.00. The van der Waals surface area contributed by atoms with E-state index in [1.807, 2.05) is 0 Å². The third-order valence-electron chi connectivity index (χ3n) is 2.53. The average Bonchev–Trinajstić information content (AvgIpc) is 2.88. The van der Waals surface area contributed by atoms with Crippen molar-refractivity contribution in [2.75, 3.05) is 0 Å². The number of rotatable bonds is 3. The van der Waals surface area contributed by atoms with Gasteiger partial charge in [0.2, 0.25) is 0 Å². The summed E-state index contributed by atoms with van der Waals surface area (Å²) < 4.78 is 38.1. The highest BCUT2D eigenvalue weighted by atomic mass is 79.9. The van der Waals surface area contributed by atoms with Gasteiger partial charge in [0.05, 0.1) is 17.8 Å². The quantitative estimate of drug-likeness (QED) is 0.896. The minimum absolute atomic E-state index is 0.0555. The third-order valence-corrected chi connectivity index (χ3v) is 3.22. The molecule has 2 rings (SSSR count). The summed E-state index contributed by atoms with van der Waals surface area (Å²) >= 11 is 2.82. The number of aromatic amines is 1. The fraction of sp³-hybridized carbons (Fsp3) is 0.167. The highest BCUT2D eigenvalue weighted by Gasteiger charge is 2.33. The molecule has 1 aromatic carbocycles. The van der Waals surface area contributed by atoms with Crippen LogP contribution in [-0.2, 0) is 12.7 Å². The van der Waals surface area contributed by atoms with Crippen molar-refractivity contribution in [2.45, 2.75) is 12.7 Å². The number of amides is 1. The molecule has 8 heteroatoms. The summed E-state index contributed by atoms with van der Waals surface area (Å²) in [4.78, 5) is 11.8. The molecule has 0 unspecified atom stereocenters. The molecule has 0 saturated carbocycles.